The SMILES string of the molecule is CCOC[C@H](C[C@](COC)(OC)C(=O)O)NC(=O)c1ccc(C#N)cc1. The van der Waals surface area contributed by atoms with Crippen LogP contribution >= 0.6 is 0 Å². The lowest BCUT2D eigenvalue weighted by Crippen LogP contribution is -2.52. The Bertz CT molecular complexity index is 640. The number of hydrogen-bond acceptors (Lipinski definition) is 6. The first kappa shape index (κ1) is 21.6. The largest absolute Gasteiger partial charge is 0.479 e. The van der Waals surface area contributed by atoms with Crippen molar-refractivity contribution in [1.29, 1.82) is 5.26 Å². The number of hydrogen-bond donors (Lipinski definition) is 2. The van der Waals surface area contributed by atoms with Gasteiger partial charge in [0, 0.05) is 32.8 Å². The van der Waals surface area contributed by atoms with Crippen LogP contribution in [0.5, 0.6) is 0 Å². The number of carbonyl (C=O) groups is 2. The van der Waals surface area contributed by atoms with Gasteiger partial charge in [-0.05, 0) is 31.2 Å². The van der Waals surface area contributed by atoms with Crippen molar-refractivity contribution in [3.63, 3.8) is 0 Å². The lowest BCUT2D eigenvalue weighted by Gasteiger charge is -2.31. The first-order valence-corrected chi connectivity index (χ1v) is 8.08. The zero-order chi connectivity index (χ0) is 19.6. The third-order valence-electron chi connectivity index (χ3n) is 3.87. The van der Waals surface area contributed by atoms with Crippen LogP contribution in [0.1, 0.15) is 29.3 Å². The smallest absolute Gasteiger partial charge is 0.338 e. The Morgan fingerprint density at radius 1 is 1.31 bits per heavy atom. The number of nitrogens with one attached hydrogen (secondary N) is 1. The molecule has 8 nitrogen and oxygen atoms in total. The molecular formula is C18H24N2O6. The Labute approximate surface area is 152 Å². The number of benzene rings is 1. The maximum Gasteiger partial charge on any atom is 0.338 e. The quantitative estimate of drug-likeness (QED) is 0.606. The highest BCUT2D eigenvalue weighted by atomic mass is 16.6. The molecule has 1 aromatic carbocycles. The molecule has 2 atom stereocenters. The molecule has 0 bridgehead atoms. The van der Waals surface area contributed by atoms with Crippen molar-refractivity contribution in [3.8, 4) is 6.07 Å². The van der Waals surface area contributed by atoms with E-state index in [0.717, 1.165) is 0 Å². The van der Waals surface area contributed by atoms with E-state index in [0.29, 0.717) is 17.7 Å². The van der Waals surface area contributed by atoms with Crippen molar-refractivity contribution in [2.45, 2.75) is 25.0 Å². The molecule has 0 aliphatic heterocycles. The number of carboxylic acid groups (broad SMARTS) is 1. The number of nitrogens with zero attached hydrogens (tertiary/aromatic N) is 1. The van der Waals surface area contributed by atoms with Crippen LogP contribution in [0.3, 0.4) is 0 Å². The second-order valence-electron chi connectivity index (χ2n) is 5.66. The van der Waals surface area contributed by atoms with E-state index in [1.54, 1.807) is 6.92 Å². The summed E-state index contributed by atoms with van der Waals surface area (Å²) in [6.45, 7) is 2.17. The van der Waals surface area contributed by atoms with Crippen LogP contribution < -0.4 is 5.32 Å². The van der Waals surface area contributed by atoms with E-state index in [1.807, 2.05) is 6.07 Å². The molecule has 2 N–H and O–H groups in total. The highest BCUT2D eigenvalue weighted by Gasteiger charge is 2.41. The molecule has 0 aliphatic carbocycles. The normalized spacial score (nSPS) is 14.1. The summed E-state index contributed by atoms with van der Waals surface area (Å²) in [6.07, 6.45) is -0.0330. The van der Waals surface area contributed by atoms with E-state index in [9.17, 15) is 14.7 Å². The van der Waals surface area contributed by atoms with Crippen LogP contribution in [-0.4, -0.2) is 62.7 Å². The minimum absolute atomic E-state index is 0.0330. The van der Waals surface area contributed by atoms with Gasteiger partial charge >= 0.3 is 5.97 Å². The molecule has 1 amide bonds. The second kappa shape index (κ2) is 10.5. The van der Waals surface area contributed by atoms with Gasteiger partial charge in [0.2, 0.25) is 0 Å². The second-order valence-corrected chi connectivity index (χ2v) is 5.66. The summed E-state index contributed by atoms with van der Waals surface area (Å²) >= 11 is 0. The molecule has 1 rings (SSSR count). The van der Waals surface area contributed by atoms with Crippen molar-refractivity contribution in [1.82, 2.24) is 5.32 Å². The number of amides is 1. The van der Waals surface area contributed by atoms with Gasteiger partial charge < -0.3 is 24.6 Å². The van der Waals surface area contributed by atoms with Crippen LogP contribution in [-0.2, 0) is 19.0 Å². The molecule has 0 aromatic heterocycles. The van der Waals surface area contributed by atoms with Crippen LogP contribution in [0.25, 0.3) is 0 Å². The van der Waals surface area contributed by atoms with Gasteiger partial charge in [0.1, 0.15) is 0 Å². The van der Waals surface area contributed by atoms with Gasteiger partial charge in [0.05, 0.1) is 30.9 Å². The predicted molar refractivity (Wildman–Crippen MR) is 92.8 cm³/mol. The number of nitriles is 1. The molecule has 1 aromatic rings. The van der Waals surface area contributed by atoms with Crippen LogP contribution in [0.4, 0.5) is 0 Å². The van der Waals surface area contributed by atoms with Gasteiger partial charge in [-0.1, -0.05) is 0 Å². The van der Waals surface area contributed by atoms with Crippen LogP contribution in [0, 0.1) is 11.3 Å². The van der Waals surface area contributed by atoms with Gasteiger partial charge in [0.25, 0.3) is 5.91 Å². The monoisotopic (exact) mass is 364 g/mol. The first-order chi connectivity index (χ1) is 12.4. The fourth-order valence-electron chi connectivity index (χ4n) is 2.45. The Morgan fingerprint density at radius 3 is 2.42 bits per heavy atom. The Kier molecular flexibility index (Phi) is 8.72. The van der Waals surface area contributed by atoms with E-state index < -0.39 is 23.5 Å². The average molecular weight is 364 g/mol. The van der Waals surface area contributed by atoms with Gasteiger partial charge in [0.15, 0.2) is 5.60 Å². The summed E-state index contributed by atoms with van der Waals surface area (Å²) in [4.78, 5) is 24.1. The molecule has 0 saturated carbocycles. The minimum atomic E-state index is -1.60. The van der Waals surface area contributed by atoms with Crippen molar-refractivity contribution >= 4 is 11.9 Å². The lowest BCUT2D eigenvalue weighted by molar-refractivity contribution is -0.171. The Morgan fingerprint density at radius 2 is 1.96 bits per heavy atom. The molecular weight excluding hydrogens is 340 g/mol. The fourth-order valence-corrected chi connectivity index (χ4v) is 2.45. The minimum Gasteiger partial charge on any atom is -0.479 e. The molecule has 0 aliphatic rings. The molecule has 0 fully saturated rings. The molecule has 0 saturated heterocycles. The average Bonchev–Trinajstić information content (AvgIpc) is 2.65. The zero-order valence-corrected chi connectivity index (χ0v) is 15.2. The topological polar surface area (TPSA) is 118 Å². The number of ether oxygens (including phenoxy) is 3. The predicted octanol–water partition coefficient (Wildman–Crippen LogP) is 1.20. The third kappa shape index (κ3) is 5.81. The molecule has 0 unspecified atom stereocenters. The summed E-state index contributed by atoms with van der Waals surface area (Å²) in [5.41, 5.74) is -0.804. The molecule has 26 heavy (non-hydrogen) atoms. The van der Waals surface area contributed by atoms with Crippen molar-refractivity contribution in [2.24, 2.45) is 0 Å². The van der Waals surface area contributed by atoms with Gasteiger partial charge in [-0.25, -0.2) is 4.79 Å². The van der Waals surface area contributed by atoms with Gasteiger partial charge in [-0.15, -0.1) is 0 Å². The summed E-state index contributed by atoms with van der Waals surface area (Å²) in [5, 5.41) is 21.1. The van der Waals surface area contributed by atoms with E-state index in [-0.39, 0.29) is 19.6 Å². The molecule has 142 valence electrons. The van der Waals surface area contributed by atoms with Crippen molar-refractivity contribution < 1.29 is 28.9 Å². The first-order valence-electron chi connectivity index (χ1n) is 8.08. The molecule has 0 heterocycles. The Hall–Kier alpha value is -2.47. The third-order valence-corrected chi connectivity index (χ3v) is 3.87. The number of aliphatic carboxylic acids is 1. The van der Waals surface area contributed by atoms with Crippen LogP contribution in [0.2, 0.25) is 0 Å². The van der Waals surface area contributed by atoms with Crippen molar-refractivity contribution in [3.05, 3.63) is 35.4 Å². The van der Waals surface area contributed by atoms with E-state index in [2.05, 4.69) is 5.32 Å². The number of carboxylic acids is 1. The number of methoxy groups -OCH3 is 2. The zero-order valence-electron chi connectivity index (χ0n) is 15.2. The lowest BCUT2D eigenvalue weighted by atomic mass is 9.95. The highest BCUT2D eigenvalue weighted by Crippen LogP contribution is 2.20. The molecule has 8 heteroatoms. The van der Waals surface area contributed by atoms with Crippen molar-refractivity contribution in [2.75, 3.05) is 34.0 Å². The molecule has 0 spiro atoms. The van der Waals surface area contributed by atoms with Gasteiger partial charge in [-0.2, -0.15) is 5.26 Å². The standard InChI is InChI=1S/C18H24N2O6/c1-4-26-11-15(9-18(25-3,12-24-2)17(22)23)20-16(21)14-7-5-13(10-19)6-8-14/h5-8,15H,4,9,11-12H2,1-3H3,(H,20,21)(H,22,23)/t15-,18+/m0/s1. The summed E-state index contributed by atoms with van der Waals surface area (Å²) < 4.78 is 15.6. The molecule has 0 radical (unpaired) electrons. The maximum absolute atomic E-state index is 12.5. The van der Waals surface area contributed by atoms with E-state index in [4.69, 9.17) is 19.5 Å². The highest BCUT2D eigenvalue weighted by molar-refractivity contribution is 5.94. The summed E-state index contributed by atoms with van der Waals surface area (Å²) in [6, 6.07) is 7.50. The summed E-state index contributed by atoms with van der Waals surface area (Å²) in [7, 11) is 2.66. The number of rotatable bonds is 11. The van der Waals surface area contributed by atoms with Gasteiger partial charge in [-0.3, -0.25) is 4.79 Å². The van der Waals surface area contributed by atoms with E-state index in [1.165, 1.54) is 38.5 Å². The maximum atomic E-state index is 12.5. The summed E-state index contributed by atoms with van der Waals surface area (Å²) in [5.74, 6) is -1.58. The Balaban J connectivity index is 2.95. The van der Waals surface area contributed by atoms with E-state index >= 15 is 0 Å². The van der Waals surface area contributed by atoms with Crippen LogP contribution in [0.15, 0.2) is 24.3 Å². The number of carbonyl (C=O) groups excluding carboxylic acids is 1. The fraction of sp³-hybridized carbons (Fsp3) is 0.500.